The van der Waals surface area contributed by atoms with E-state index in [-0.39, 0.29) is 0 Å². The minimum absolute atomic E-state index is 0.417. The summed E-state index contributed by atoms with van der Waals surface area (Å²) in [6, 6.07) is 15.4. The van der Waals surface area contributed by atoms with Gasteiger partial charge in [-0.25, -0.2) is 0 Å². The van der Waals surface area contributed by atoms with Gasteiger partial charge in [-0.1, -0.05) is 11.8 Å². The summed E-state index contributed by atoms with van der Waals surface area (Å²) in [6.07, 6.45) is 1.92. The molecular formula is C25H24N8OS. The summed E-state index contributed by atoms with van der Waals surface area (Å²) in [5.41, 5.74) is 12.0. The fourth-order valence-corrected chi connectivity index (χ4v) is 4.21. The molecule has 0 aliphatic carbocycles. The highest BCUT2D eigenvalue weighted by molar-refractivity contribution is 7.98. The summed E-state index contributed by atoms with van der Waals surface area (Å²) in [5.74, 6) is 1.60. The summed E-state index contributed by atoms with van der Waals surface area (Å²) in [4.78, 5) is 22.7. The van der Waals surface area contributed by atoms with Gasteiger partial charge in [-0.2, -0.15) is 15.0 Å². The van der Waals surface area contributed by atoms with Crippen LogP contribution in [0.2, 0.25) is 0 Å². The van der Waals surface area contributed by atoms with Crippen LogP contribution < -0.4 is 21.1 Å². The molecule has 3 heterocycles. The van der Waals surface area contributed by atoms with Gasteiger partial charge in [-0.15, -0.1) is 0 Å². The minimum atomic E-state index is 0.417. The highest BCUT2D eigenvalue weighted by Crippen LogP contribution is 2.30. The number of ether oxygens (including phenoxy) is 1. The van der Waals surface area contributed by atoms with E-state index in [1.165, 1.54) is 11.8 Å². The van der Waals surface area contributed by atoms with Crippen LogP contribution in [0.15, 0.2) is 53.7 Å². The Morgan fingerprint density at radius 1 is 0.743 bits per heavy atom. The van der Waals surface area contributed by atoms with Crippen molar-refractivity contribution in [3.8, 4) is 5.75 Å². The Bertz CT molecular complexity index is 1570. The van der Waals surface area contributed by atoms with Crippen molar-refractivity contribution in [3.63, 3.8) is 0 Å². The number of hydrogen-bond acceptors (Lipinski definition) is 10. The average molecular weight is 485 g/mol. The number of rotatable bonds is 6. The van der Waals surface area contributed by atoms with Crippen LogP contribution in [0, 0.1) is 13.8 Å². The second kappa shape index (κ2) is 9.22. The molecule has 4 N–H and O–H groups in total. The lowest BCUT2D eigenvalue weighted by Crippen LogP contribution is -2.05. The van der Waals surface area contributed by atoms with E-state index in [9.17, 15) is 0 Å². The van der Waals surface area contributed by atoms with Gasteiger partial charge in [0.1, 0.15) is 5.75 Å². The molecule has 0 fully saturated rings. The summed E-state index contributed by atoms with van der Waals surface area (Å²) in [5, 5.41) is 8.89. The Balaban J connectivity index is 1.46. The third-order valence-corrected chi connectivity index (χ3v) is 5.94. The first-order chi connectivity index (χ1) is 16.9. The van der Waals surface area contributed by atoms with Crippen LogP contribution in [0.4, 0.5) is 29.0 Å². The highest BCUT2D eigenvalue weighted by Gasteiger charge is 2.11. The van der Waals surface area contributed by atoms with E-state index in [0.717, 1.165) is 50.3 Å². The van der Waals surface area contributed by atoms with E-state index in [1.54, 1.807) is 7.11 Å². The third kappa shape index (κ3) is 4.73. The number of aryl methyl sites for hydroxylation is 2. The first kappa shape index (κ1) is 22.6. The number of nitrogen functional groups attached to an aromatic ring is 1. The molecule has 0 atom stereocenters. The van der Waals surface area contributed by atoms with E-state index < -0.39 is 0 Å². The molecule has 35 heavy (non-hydrogen) atoms. The number of anilines is 5. The number of thioether (sulfide) groups is 1. The predicted molar refractivity (Wildman–Crippen MR) is 142 cm³/mol. The SMILES string of the molecule is COc1cc(C)nc2ccc(Nc3nc(Nc4ccc5nc(C)cc(N)c5c4)nc(SC)n3)cc12. The molecule has 2 aromatic carbocycles. The van der Waals surface area contributed by atoms with Crippen LogP contribution >= 0.6 is 11.8 Å². The number of benzene rings is 2. The zero-order valence-electron chi connectivity index (χ0n) is 19.7. The predicted octanol–water partition coefficient (Wildman–Crippen LogP) is 5.38. The van der Waals surface area contributed by atoms with Crippen LogP contribution in [-0.2, 0) is 0 Å². The fourth-order valence-electron chi connectivity index (χ4n) is 3.85. The topological polar surface area (TPSA) is 124 Å². The Morgan fingerprint density at radius 2 is 1.31 bits per heavy atom. The average Bonchev–Trinajstić information content (AvgIpc) is 2.84. The van der Waals surface area contributed by atoms with Crippen LogP contribution in [-0.4, -0.2) is 38.3 Å². The molecule has 0 aliphatic heterocycles. The lowest BCUT2D eigenvalue weighted by molar-refractivity contribution is 0.419. The normalized spacial score (nSPS) is 11.1. The molecule has 9 nitrogen and oxygen atoms in total. The molecule has 0 radical (unpaired) electrons. The molecule has 0 saturated carbocycles. The highest BCUT2D eigenvalue weighted by atomic mass is 32.2. The number of pyridine rings is 2. The quantitative estimate of drug-likeness (QED) is 0.270. The zero-order valence-corrected chi connectivity index (χ0v) is 20.6. The molecule has 5 rings (SSSR count). The maximum Gasteiger partial charge on any atom is 0.233 e. The van der Waals surface area contributed by atoms with Gasteiger partial charge >= 0.3 is 0 Å². The summed E-state index contributed by atoms with van der Waals surface area (Å²) in [7, 11) is 1.65. The number of nitrogens with zero attached hydrogens (tertiary/aromatic N) is 5. The molecule has 3 aromatic heterocycles. The maximum absolute atomic E-state index is 6.21. The van der Waals surface area contributed by atoms with Gasteiger partial charge in [0.05, 0.1) is 18.1 Å². The first-order valence-electron chi connectivity index (χ1n) is 10.9. The zero-order chi connectivity index (χ0) is 24.5. The number of nitrogens with one attached hydrogen (secondary N) is 2. The van der Waals surface area contributed by atoms with Crippen LogP contribution in [0.25, 0.3) is 21.8 Å². The Kier molecular flexibility index (Phi) is 5.96. The first-order valence-corrected chi connectivity index (χ1v) is 12.1. The van der Waals surface area contributed by atoms with Crippen LogP contribution in [0.5, 0.6) is 5.75 Å². The van der Waals surface area contributed by atoms with E-state index in [1.807, 2.05) is 68.6 Å². The molecular weight excluding hydrogens is 460 g/mol. The fraction of sp³-hybridized carbons (Fsp3) is 0.160. The number of aromatic nitrogens is 5. The van der Waals surface area contributed by atoms with E-state index >= 15 is 0 Å². The van der Waals surface area contributed by atoms with Gasteiger partial charge in [-0.05, 0) is 62.6 Å². The molecule has 0 saturated heterocycles. The Morgan fingerprint density at radius 3 is 1.91 bits per heavy atom. The van der Waals surface area contributed by atoms with E-state index in [4.69, 9.17) is 10.5 Å². The molecule has 176 valence electrons. The summed E-state index contributed by atoms with van der Waals surface area (Å²) >= 11 is 1.43. The number of methoxy groups -OCH3 is 1. The van der Waals surface area contributed by atoms with E-state index in [0.29, 0.717) is 22.7 Å². The minimum Gasteiger partial charge on any atom is -0.496 e. The van der Waals surface area contributed by atoms with Crippen LogP contribution in [0.1, 0.15) is 11.4 Å². The van der Waals surface area contributed by atoms with Crippen molar-refractivity contribution in [1.82, 2.24) is 24.9 Å². The van der Waals surface area contributed by atoms with Gasteiger partial charge < -0.3 is 21.1 Å². The molecule has 0 unspecified atom stereocenters. The van der Waals surface area contributed by atoms with Crippen molar-refractivity contribution in [2.24, 2.45) is 0 Å². The molecule has 0 amide bonds. The lowest BCUT2D eigenvalue weighted by Gasteiger charge is -2.12. The van der Waals surface area contributed by atoms with Crippen LogP contribution in [0.3, 0.4) is 0 Å². The smallest absolute Gasteiger partial charge is 0.233 e. The third-order valence-electron chi connectivity index (χ3n) is 5.40. The van der Waals surface area contributed by atoms with Crippen molar-refractivity contribution in [2.45, 2.75) is 19.0 Å². The second-order valence-electron chi connectivity index (χ2n) is 8.00. The molecule has 5 aromatic rings. The molecule has 0 aliphatic rings. The van der Waals surface area contributed by atoms with Crippen molar-refractivity contribution >= 4 is 62.5 Å². The van der Waals surface area contributed by atoms with Crippen molar-refractivity contribution < 1.29 is 4.74 Å². The summed E-state index contributed by atoms with van der Waals surface area (Å²) < 4.78 is 5.55. The van der Waals surface area contributed by atoms with Crippen molar-refractivity contribution in [1.29, 1.82) is 0 Å². The van der Waals surface area contributed by atoms with E-state index in [2.05, 4.69) is 35.6 Å². The van der Waals surface area contributed by atoms with Crippen molar-refractivity contribution in [2.75, 3.05) is 29.7 Å². The molecule has 10 heteroatoms. The number of fused-ring (bicyclic) bond motifs is 2. The monoisotopic (exact) mass is 484 g/mol. The Labute approximate surface area is 206 Å². The molecule has 0 bridgehead atoms. The Hall–Kier alpha value is -4.18. The summed E-state index contributed by atoms with van der Waals surface area (Å²) in [6.45, 7) is 3.87. The maximum atomic E-state index is 6.21. The van der Waals surface area contributed by atoms with Gasteiger partial charge in [-0.3, -0.25) is 9.97 Å². The van der Waals surface area contributed by atoms with Gasteiger partial charge in [0.25, 0.3) is 0 Å². The van der Waals surface area contributed by atoms with Gasteiger partial charge in [0.2, 0.25) is 11.9 Å². The second-order valence-corrected chi connectivity index (χ2v) is 8.78. The largest absolute Gasteiger partial charge is 0.496 e. The van der Waals surface area contributed by atoms with Gasteiger partial charge in [0.15, 0.2) is 5.16 Å². The number of hydrogen-bond donors (Lipinski definition) is 3. The standard InChI is InChI=1S/C25H24N8OS/c1-13-9-19(26)17-11-15(5-7-20(17)27-13)29-23-31-24(33-25(32-23)35-4)30-16-6-8-21-18(12-16)22(34-3)10-14(2)28-21/h5-12H,1-4H3,(H2,26,27)(H2,29,30,31,32,33). The number of nitrogens with two attached hydrogens (primary N) is 1. The lowest BCUT2D eigenvalue weighted by atomic mass is 10.1. The van der Waals surface area contributed by atoms with Crippen molar-refractivity contribution in [3.05, 3.63) is 59.9 Å². The van der Waals surface area contributed by atoms with Gasteiger partial charge in [0, 0.05) is 45.3 Å². The molecule has 0 spiro atoms.